The number of rotatable bonds is 1. The van der Waals surface area contributed by atoms with E-state index in [-0.39, 0.29) is 5.75 Å². The second-order valence-corrected chi connectivity index (χ2v) is 2.53. The molecule has 0 aliphatic heterocycles. The second-order valence-electron chi connectivity index (χ2n) is 2.53. The molecular weight excluding hydrogens is 145 g/mol. The lowest BCUT2D eigenvalue weighted by atomic mass is 10.3. The maximum atomic E-state index is 12.7. The van der Waals surface area contributed by atoms with Crippen LogP contribution in [-0.2, 0) is 0 Å². The van der Waals surface area contributed by atoms with Crippen molar-refractivity contribution in [2.45, 2.75) is 0 Å². The van der Waals surface area contributed by atoms with E-state index in [0.717, 1.165) is 5.69 Å². The second kappa shape index (κ2) is 2.78. The van der Waals surface area contributed by atoms with E-state index >= 15 is 0 Å². The van der Waals surface area contributed by atoms with Crippen LogP contribution in [0, 0.1) is 5.82 Å². The maximum Gasteiger partial charge on any atom is 0.166 e. The van der Waals surface area contributed by atoms with Gasteiger partial charge < -0.3 is 10.0 Å². The summed E-state index contributed by atoms with van der Waals surface area (Å²) in [7, 11) is 3.62. The minimum atomic E-state index is -0.587. The van der Waals surface area contributed by atoms with E-state index in [1.54, 1.807) is 11.0 Å². The summed E-state index contributed by atoms with van der Waals surface area (Å²) in [5, 5.41) is 8.83. The van der Waals surface area contributed by atoms with E-state index in [0.29, 0.717) is 0 Å². The first-order valence-electron chi connectivity index (χ1n) is 3.27. The quantitative estimate of drug-likeness (QED) is 0.665. The highest BCUT2D eigenvalue weighted by Crippen LogP contribution is 2.20. The van der Waals surface area contributed by atoms with E-state index in [2.05, 4.69) is 0 Å². The van der Waals surface area contributed by atoms with Gasteiger partial charge in [-0.25, -0.2) is 4.39 Å². The van der Waals surface area contributed by atoms with Crippen molar-refractivity contribution in [3.05, 3.63) is 24.0 Å². The molecule has 0 fully saturated rings. The highest BCUT2D eigenvalue weighted by atomic mass is 19.1. The van der Waals surface area contributed by atoms with Gasteiger partial charge in [-0.2, -0.15) is 0 Å². The molecule has 11 heavy (non-hydrogen) atoms. The van der Waals surface area contributed by atoms with Gasteiger partial charge in [0.1, 0.15) is 0 Å². The lowest BCUT2D eigenvalue weighted by Gasteiger charge is -2.11. The average molecular weight is 155 g/mol. The van der Waals surface area contributed by atoms with Crippen LogP contribution in [0.4, 0.5) is 10.1 Å². The molecule has 1 aromatic rings. The topological polar surface area (TPSA) is 23.5 Å². The van der Waals surface area contributed by atoms with Gasteiger partial charge in [0.2, 0.25) is 0 Å². The number of anilines is 1. The van der Waals surface area contributed by atoms with Gasteiger partial charge in [-0.05, 0) is 12.1 Å². The summed E-state index contributed by atoms with van der Waals surface area (Å²) in [6.07, 6.45) is 0. The smallest absolute Gasteiger partial charge is 0.166 e. The molecule has 0 aliphatic carbocycles. The van der Waals surface area contributed by atoms with Gasteiger partial charge in [-0.1, -0.05) is 0 Å². The van der Waals surface area contributed by atoms with Gasteiger partial charge in [0, 0.05) is 25.8 Å². The number of aromatic hydroxyl groups is 1. The number of hydrogen-bond donors (Lipinski definition) is 1. The molecule has 0 heterocycles. The fraction of sp³-hybridized carbons (Fsp3) is 0.250. The number of halogens is 1. The largest absolute Gasteiger partial charge is 0.505 e. The third-order valence-corrected chi connectivity index (χ3v) is 1.45. The van der Waals surface area contributed by atoms with Crippen LogP contribution in [0.1, 0.15) is 0 Å². The molecule has 0 radical (unpaired) electrons. The van der Waals surface area contributed by atoms with Gasteiger partial charge in [0.25, 0.3) is 0 Å². The van der Waals surface area contributed by atoms with Crippen molar-refractivity contribution in [3.8, 4) is 5.75 Å². The predicted octanol–water partition coefficient (Wildman–Crippen LogP) is 1.60. The molecule has 0 aliphatic rings. The Labute approximate surface area is 64.9 Å². The Hall–Kier alpha value is -1.25. The van der Waals surface area contributed by atoms with Crippen LogP contribution in [0.3, 0.4) is 0 Å². The number of phenols is 1. The Morgan fingerprint density at radius 1 is 1.36 bits per heavy atom. The van der Waals surface area contributed by atoms with E-state index in [9.17, 15) is 4.39 Å². The minimum absolute atomic E-state index is 0.310. The van der Waals surface area contributed by atoms with E-state index < -0.39 is 5.82 Å². The first kappa shape index (κ1) is 7.85. The Balaban J connectivity index is 3.05. The summed E-state index contributed by atoms with van der Waals surface area (Å²) in [5.41, 5.74) is 0.736. The van der Waals surface area contributed by atoms with Crippen LogP contribution in [0.15, 0.2) is 18.2 Å². The molecule has 0 amide bonds. The van der Waals surface area contributed by atoms with Crippen molar-refractivity contribution in [1.29, 1.82) is 0 Å². The molecule has 3 heteroatoms. The van der Waals surface area contributed by atoms with Crippen LogP contribution < -0.4 is 4.90 Å². The monoisotopic (exact) mass is 155 g/mol. The minimum Gasteiger partial charge on any atom is -0.505 e. The van der Waals surface area contributed by atoms with Crippen LogP contribution in [0.2, 0.25) is 0 Å². The number of hydrogen-bond acceptors (Lipinski definition) is 2. The first-order valence-corrected chi connectivity index (χ1v) is 3.27. The van der Waals surface area contributed by atoms with Crippen LogP contribution in [-0.4, -0.2) is 19.2 Å². The van der Waals surface area contributed by atoms with Gasteiger partial charge >= 0.3 is 0 Å². The summed E-state index contributed by atoms with van der Waals surface area (Å²) >= 11 is 0. The number of benzene rings is 1. The fourth-order valence-corrected chi connectivity index (χ4v) is 0.774. The SMILES string of the molecule is CN(C)c1ccc(O)c(F)c1. The Bertz CT molecular complexity index is 260. The highest BCUT2D eigenvalue weighted by Gasteiger charge is 2.01. The molecule has 0 spiro atoms. The molecule has 1 N–H and O–H groups in total. The molecule has 1 aromatic carbocycles. The Kier molecular flexibility index (Phi) is 1.98. The van der Waals surface area contributed by atoms with Gasteiger partial charge in [0.15, 0.2) is 11.6 Å². The van der Waals surface area contributed by atoms with Gasteiger partial charge in [-0.3, -0.25) is 0 Å². The molecule has 0 aromatic heterocycles. The van der Waals surface area contributed by atoms with Crippen molar-refractivity contribution < 1.29 is 9.50 Å². The standard InChI is InChI=1S/C8H10FNO/c1-10(2)6-3-4-8(11)7(9)5-6/h3-5,11H,1-2H3. The van der Waals surface area contributed by atoms with E-state index in [1.165, 1.54) is 12.1 Å². The van der Waals surface area contributed by atoms with E-state index in [4.69, 9.17) is 5.11 Å². The van der Waals surface area contributed by atoms with Crippen LogP contribution >= 0.6 is 0 Å². The lowest BCUT2D eigenvalue weighted by Crippen LogP contribution is -2.08. The summed E-state index contributed by atoms with van der Waals surface area (Å²) < 4.78 is 12.7. The molecular formula is C8H10FNO. The molecule has 2 nitrogen and oxygen atoms in total. The normalized spacial score (nSPS) is 9.73. The molecule has 60 valence electrons. The number of nitrogens with zero attached hydrogens (tertiary/aromatic N) is 1. The Morgan fingerprint density at radius 3 is 2.45 bits per heavy atom. The fourth-order valence-electron chi connectivity index (χ4n) is 0.774. The Morgan fingerprint density at radius 2 is 2.00 bits per heavy atom. The predicted molar refractivity (Wildman–Crippen MR) is 42.4 cm³/mol. The lowest BCUT2D eigenvalue weighted by molar-refractivity contribution is 0.432. The third kappa shape index (κ3) is 1.61. The summed E-state index contributed by atoms with van der Waals surface area (Å²) in [4.78, 5) is 1.77. The van der Waals surface area contributed by atoms with Gasteiger partial charge in [0.05, 0.1) is 0 Å². The zero-order valence-corrected chi connectivity index (χ0v) is 6.50. The maximum absolute atomic E-state index is 12.7. The molecule has 0 atom stereocenters. The zero-order chi connectivity index (χ0) is 8.43. The molecule has 0 saturated heterocycles. The molecule has 0 saturated carbocycles. The third-order valence-electron chi connectivity index (χ3n) is 1.45. The van der Waals surface area contributed by atoms with E-state index in [1.807, 2.05) is 14.1 Å². The molecule has 0 bridgehead atoms. The van der Waals surface area contributed by atoms with Crippen LogP contribution in [0.5, 0.6) is 5.75 Å². The van der Waals surface area contributed by atoms with Crippen molar-refractivity contribution >= 4 is 5.69 Å². The molecule has 0 unspecified atom stereocenters. The van der Waals surface area contributed by atoms with Crippen molar-refractivity contribution in [2.24, 2.45) is 0 Å². The van der Waals surface area contributed by atoms with Crippen molar-refractivity contribution in [2.75, 3.05) is 19.0 Å². The summed E-state index contributed by atoms with van der Waals surface area (Å²) in [6, 6.07) is 4.28. The highest BCUT2D eigenvalue weighted by molar-refractivity contribution is 5.48. The summed E-state index contributed by atoms with van der Waals surface area (Å²) in [5.74, 6) is -0.896. The van der Waals surface area contributed by atoms with Gasteiger partial charge in [-0.15, -0.1) is 0 Å². The zero-order valence-electron chi connectivity index (χ0n) is 6.50. The van der Waals surface area contributed by atoms with Crippen molar-refractivity contribution in [3.63, 3.8) is 0 Å². The number of phenolic OH excluding ortho intramolecular Hbond substituents is 1. The van der Waals surface area contributed by atoms with Crippen LogP contribution in [0.25, 0.3) is 0 Å². The first-order chi connectivity index (χ1) is 5.11. The summed E-state index contributed by atoms with van der Waals surface area (Å²) in [6.45, 7) is 0. The average Bonchev–Trinajstić information content (AvgIpc) is 1.94. The van der Waals surface area contributed by atoms with Crippen molar-refractivity contribution in [1.82, 2.24) is 0 Å². The molecule has 1 rings (SSSR count).